The largest absolute Gasteiger partial charge is 0.378 e. The van der Waals surface area contributed by atoms with Crippen molar-refractivity contribution in [1.29, 1.82) is 0 Å². The number of hydrogen-bond acceptors (Lipinski definition) is 2. The summed E-state index contributed by atoms with van der Waals surface area (Å²) in [5, 5.41) is 0. The highest BCUT2D eigenvalue weighted by molar-refractivity contribution is 5.05. The zero-order valence-electron chi connectivity index (χ0n) is 12.5. The number of likely N-dealkylation sites (tertiary alicyclic amines) is 1. The van der Waals surface area contributed by atoms with Gasteiger partial charge in [-0.1, -0.05) is 13.8 Å². The Hall–Kier alpha value is -0.0800. The molecule has 0 aromatic heterocycles. The van der Waals surface area contributed by atoms with E-state index in [4.69, 9.17) is 4.74 Å². The number of ether oxygens (including phenoxy) is 1. The zero-order chi connectivity index (χ0) is 13.0. The molecule has 0 radical (unpaired) electrons. The number of piperidine rings is 1. The molecule has 0 N–H and O–H groups in total. The lowest BCUT2D eigenvalue weighted by atomic mass is 9.80. The molecule has 3 fully saturated rings. The van der Waals surface area contributed by atoms with E-state index in [1.54, 1.807) is 0 Å². The van der Waals surface area contributed by atoms with Gasteiger partial charge in [0.05, 0.1) is 12.7 Å². The minimum absolute atomic E-state index is 0.386. The van der Waals surface area contributed by atoms with E-state index in [1.165, 1.54) is 38.8 Å². The Bertz CT molecular complexity index is 319. The Balaban J connectivity index is 1.53. The van der Waals surface area contributed by atoms with Gasteiger partial charge < -0.3 is 4.74 Å². The van der Waals surface area contributed by atoms with Crippen molar-refractivity contribution in [3.8, 4) is 0 Å². The Kier molecular flexibility index (Phi) is 3.02. The van der Waals surface area contributed by atoms with E-state index in [0.717, 1.165) is 18.6 Å². The van der Waals surface area contributed by atoms with Crippen molar-refractivity contribution < 1.29 is 4.74 Å². The third-order valence-electron chi connectivity index (χ3n) is 5.61. The van der Waals surface area contributed by atoms with E-state index >= 15 is 0 Å². The Morgan fingerprint density at radius 2 is 2.00 bits per heavy atom. The summed E-state index contributed by atoms with van der Waals surface area (Å²) in [7, 11) is 0. The molecule has 3 rings (SSSR count). The van der Waals surface area contributed by atoms with Crippen LogP contribution in [0.25, 0.3) is 0 Å². The van der Waals surface area contributed by atoms with Crippen LogP contribution in [0.2, 0.25) is 0 Å². The molecule has 1 heterocycles. The summed E-state index contributed by atoms with van der Waals surface area (Å²) in [5.41, 5.74) is 1.13. The molecule has 1 saturated heterocycles. The summed E-state index contributed by atoms with van der Waals surface area (Å²) in [6.45, 7) is 12.9. The average Bonchev–Trinajstić information content (AvgIpc) is 2.82. The summed E-state index contributed by atoms with van der Waals surface area (Å²) >= 11 is 0. The first-order valence-corrected chi connectivity index (χ1v) is 7.76. The molecule has 2 nitrogen and oxygen atoms in total. The van der Waals surface area contributed by atoms with Gasteiger partial charge in [0.2, 0.25) is 0 Å². The van der Waals surface area contributed by atoms with Crippen molar-refractivity contribution in [1.82, 2.24) is 4.90 Å². The van der Waals surface area contributed by atoms with Gasteiger partial charge in [-0.25, -0.2) is 0 Å². The first-order chi connectivity index (χ1) is 8.40. The van der Waals surface area contributed by atoms with E-state index in [1.807, 2.05) is 0 Å². The number of nitrogens with zero attached hydrogens (tertiary/aromatic N) is 1. The molecule has 2 bridgehead atoms. The highest BCUT2D eigenvalue weighted by Gasteiger charge is 2.53. The summed E-state index contributed by atoms with van der Waals surface area (Å²) in [5.74, 6) is 0.948. The molecule has 2 saturated carbocycles. The van der Waals surface area contributed by atoms with Crippen molar-refractivity contribution in [2.75, 3.05) is 19.7 Å². The number of hydrogen-bond donors (Lipinski definition) is 0. The topological polar surface area (TPSA) is 12.5 Å². The van der Waals surface area contributed by atoms with Gasteiger partial charge in [-0.05, 0) is 50.9 Å². The van der Waals surface area contributed by atoms with Gasteiger partial charge in [-0.2, -0.15) is 0 Å². The lowest BCUT2D eigenvalue weighted by molar-refractivity contribution is 0.0207. The molecule has 0 spiro atoms. The maximum absolute atomic E-state index is 5.87. The maximum atomic E-state index is 5.87. The van der Waals surface area contributed by atoms with Gasteiger partial charge >= 0.3 is 0 Å². The molecule has 2 atom stereocenters. The summed E-state index contributed by atoms with van der Waals surface area (Å²) < 4.78 is 5.87. The number of fused-ring (bicyclic) bond motifs is 2. The number of rotatable bonds is 5. The van der Waals surface area contributed by atoms with Gasteiger partial charge in [0.15, 0.2) is 0 Å². The standard InChI is InChI=1S/C16H29NO/c1-12(2)18-11-16(5-6-16)10-17-9-13-7-14(17)8-15(13,3)4/h12-14H,5-11H2,1-4H3. The van der Waals surface area contributed by atoms with E-state index < -0.39 is 0 Å². The van der Waals surface area contributed by atoms with E-state index in [9.17, 15) is 0 Å². The van der Waals surface area contributed by atoms with Crippen LogP contribution in [-0.2, 0) is 4.74 Å². The fourth-order valence-corrected chi connectivity index (χ4v) is 4.03. The van der Waals surface area contributed by atoms with Gasteiger partial charge in [-0.3, -0.25) is 4.90 Å². The lowest BCUT2D eigenvalue weighted by Gasteiger charge is -2.38. The van der Waals surface area contributed by atoms with Crippen LogP contribution in [0.5, 0.6) is 0 Å². The van der Waals surface area contributed by atoms with Gasteiger partial charge in [0, 0.05) is 24.5 Å². The fourth-order valence-electron chi connectivity index (χ4n) is 4.03. The molecule has 1 aliphatic heterocycles. The summed E-state index contributed by atoms with van der Waals surface area (Å²) in [6.07, 6.45) is 6.03. The second-order valence-electron chi connectivity index (χ2n) is 8.07. The molecule has 18 heavy (non-hydrogen) atoms. The molecule has 2 aliphatic carbocycles. The van der Waals surface area contributed by atoms with Crippen LogP contribution in [-0.4, -0.2) is 36.7 Å². The second-order valence-corrected chi connectivity index (χ2v) is 8.07. The SMILES string of the molecule is CC(C)OCC1(CN2CC3CC2CC3(C)C)CC1. The monoisotopic (exact) mass is 251 g/mol. The zero-order valence-corrected chi connectivity index (χ0v) is 12.5. The molecule has 104 valence electrons. The molecule has 0 aromatic carbocycles. The van der Waals surface area contributed by atoms with E-state index in [2.05, 4.69) is 32.6 Å². The predicted molar refractivity (Wildman–Crippen MR) is 74.6 cm³/mol. The summed E-state index contributed by atoms with van der Waals surface area (Å²) in [6, 6.07) is 0.876. The summed E-state index contributed by atoms with van der Waals surface area (Å²) in [4.78, 5) is 2.78. The van der Waals surface area contributed by atoms with Crippen molar-refractivity contribution in [3.63, 3.8) is 0 Å². The molecule has 2 unspecified atom stereocenters. The second kappa shape index (κ2) is 4.21. The molecule has 2 heteroatoms. The first-order valence-electron chi connectivity index (χ1n) is 7.76. The first kappa shape index (κ1) is 12.9. The smallest absolute Gasteiger partial charge is 0.0538 e. The molecule has 0 aromatic rings. The third kappa shape index (κ3) is 2.34. The molecule has 0 amide bonds. The highest BCUT2D eigenvalue weighted by Crippen LogP contribution is 2.53. The van der Waals surface area contributed by atoms with Crippen LogP contribution >= 0.6 is 0 Å². The molecular weight excluding hydrogens is 222 g/mol. The minimum Gasteiger partial charge on any atom is -0.378 e. The van der Waals surface area contributed by atoms with E-state index in [0.29, 0.717) is 16.9 Å². The van der Waals surface area contributed by atoms with Crippen molar-refractivity contribution in [3.05, 3.63) is 0 Å². The van der Waals surface area contributed by atoms with Gasteiger partial charge in [0.25, 0.3) is 0 Å². The van der Waals surface area contributed by atoms with Crippen LogP contribution < -0.4 is 0 Å². The fraction of sp³-hybridized carbons (Fsp3) is 1.00. The molecule has 3 aliphatic rings. The highest BCUT2D eigenvalue weighted by atomic mass is 16.5. The van der Waals surface area contributed by atoms with Crippen molar-refractivity contribution >= 4 is 0 Å². The Labute approximate surface area is 112 Å². The lowest BCUT2D eigenvalue weighted by Crippen LogP contribution is -2.42. The van der Waals surface area contributed by atoms with Crippen LogP contribution in [0.4, 0.5) is 0 Å². The maximum Gasteiger partial charge on any atom is 0.0538 e. The van der Waals surface area contributed by atoms with Gasteiger partial charge in [0.1, 0.15) is 0 Å². The Morgan fingerprint density at radius 1 is 1.28 bits per heavy atom. The van der Waals surface area contributed by atoms with Crippen LogP contribution in [0.3, 0.4) is 0 Å². The quantitative estimate of drug-likeness (QED) is 0.743. The normalized spacial score (nSPS) is 36.5. The predicted octanol–water partition coefficient (Wildman–Crippen LogP) is 3.31. The average molecular weight is 251 g/mol. The van der Waals surface area contributed by atoms with Gasteiger partial charge in [-0.15, -0.1) is 0 Å². The van der Waals surface area contributed by atoms with Crippen molar-refractivity contribution in [2.45, 2.75) is 65.5 Å². The van der Waals surface area contributed by atoms with Crippen molar-refractivity contribution in [2.24, 2.45) is 16.7 Å². The Morgan fingerprint density at radius 3 is 2.44 bits per heavy atom. The minimum atomic E-state index is 0.386. The van der Waals surface area contributed by atoms with E-state index in [-0.39, 0.29) is 0 Å². The van der Waals surface area contributed by atoms with Crippen LogP contribution in [0, 0.1) is 16.7 Å². The molecular formula is C16H29NO. The van der Waals surface area contributed by atoms with Crippen LogP contribution in [0.1, 0.15) is 53.4 Å². The third-order valence-corrected chi connectivity index (χ3v) is 5.61. The van der Waals surface area contributed by atoms with Crippen LogP contribution in [0.15, 0.2) is 0 Å².